The van der Waals surface area contributed by atoms with Crippen molar-refractivity contribution in [2.45, 2.75) is 51.2 Å². The van der Waals surface area contributed by atoms with Crippen LogP contribution in [-0.2, 0) is 11.3 Å². The van der Waals surface area contributed by atoms with Gasteiger partial charge in [-0.3, -0.25) is 4.79 Å². The van der Waals surface area contributed by atoms with Crippen molar-refractivity contribution in [1.82, 2.24) is 20.3 Å². The van der Waals surface area contributed by atoms with Crippen LogP contribution in [0.25, 0.3) is 0 Å². The predicted octanol–water partition coefficient (Wildman–Crippen LogP) is 0.972. The number of carbonyl (C=O) groups is 1. The van der Waals surface area contributed by atoms with E-state index >= 15 is 0 Å². The number of hydrogen-bond donors (Lipinski definition) is 2. The van der Waals surface area contributed by atoms with Crippen LogP contribution in [0.5, 0.6) is 0 Å². The summed E-state index contributed by atoms with van der Waals surface area (Å²) in [4.78, 5) is 13.3. The predicted molar refractivity (Wildman–Crippen MR) is 79.6 cm³/mol. The normalized spacial score (nSPS) is 37.2. The maximum Gasteiger partial charge on any atom is 0.243 e. The van der Waals surface area contributed by atoms with E-state index < -0.39 is 6.10 Å². The van der Waals surface area contributed by atoms with Crippen LogP contribution in [0.1, 0.15) is 38.5 Å². The quantitative estimate of drug-likeness (QED) is 0.849. The van der Waals surface area contributed by atoms with Crippen LogP contribution in [0.2, 0.25) is 0 Å². The van der Waals surface area contributed by atoms with Gasteiger partial charge in [-0.15, -0.1) is 0 Å². The highest BCUT2D eigenvalue weighted by atomic mass is 16.3. The minimum atomic E-state index is -0.421. The molecule has 1 unspecified atom stereocenters. The van der Waals surface area contributed by atoms with Gasteiger partial charge in [-0.1, -0.05) is 0 Å². The zero-order valence-electron chi connectivity index (χ0n) is 12.8. The van der Waals surface area contributed by atoms with E-state index in [9.17, 15) is 9.90 Å². The first kappa shape index (κ1) is 14.2. The van der Waals surface area contributed by atoms with Crippen LogP contribution < -0.4 is 5.32 Å². The van der Waals surface area contributed by atoms with Crippen LogP contribution in [0.15, 0.2) is 12.4 Å². The third kappa shape index (κ3) is 2.53. The lowest BCUT2D eigenvalue weighted by molar-refractivity contribution is -0.129. The zero-order chi connectivity index (χ0) is 15.2. The van der Waals surface area contributed by atoms with Gasteiger partial charge >= 0.3 is 0 Å². The van der Waals surface area contributed by atoms with Gasteiger partial charge in [0, 0.05) is 6.54 Å². The molecule has 0 saturated heterocycles. The maximum absolute atomic E-state index is 11.9. The lowest BCUT2D eigenvalue weighted by Gasteiger charge is -2.58. The van der Waals surface area contributed by atoms with Gasteiger partial charge in [-0.2, -0.15) is 15.0 Å². The van der Waals surface area contributed by atoms with E-state index in [1.165, 1.54) is 24.1 Å². The summed E-state index contributed by atoms with van der Waals surface area (Å²) in [6.45, 7) is 0.465. The van der Waals surface area contributed by atoms with E-state index in [0.717, 1.165) is 37.0 Å². The minimum Gasteiger partial charge on any atom is -0.391 e. The standard InChI is InChI=1S/C16H24N4O2/c21-14(9-17-15(22)10-20-18-1-2-19-20)16-6-11-3-12(7-16)5-13(4-11)8-16/h1-2,11-14,21H,3-10H2,(H,17,22). The Morgan fingerprint density at radius 1 is 1.18 bits per heavy atom. The number of carbonyl (C=O) groups excluding carboxylic acids is 1. The third-order valence-electron chi connectivity index (χ3n) is 6.04. The van der Waals surface area contributed by atoms with Gasteiger partial charge in [-0.05, 0) is 61.7 Å². The number of aliphatic hydroxyl groups excluding tert-OH is 1. The summed E-state index contributed by atoms with van der Waals surface area (Å²) >= 11 is 0. The monoisotopic (exact) mass is 304 g/mol. The number of hydrogen-bond acceptors (Lipinski definition) is 4. The van der Waals surface area contributed by atoms with Crippen molar-refractivity contribution in [2.75, 3.05) is 6.54 Å². The summed E-state index contributed by atoms with van der Waals surface area (Å²) in [5.41, 5.74) is 0.0615. The first-order valence-electron chi connectivity index (χ1n) is 8.42. The maximum atomic E-state index is 11.9. The molecule has 0 spiro atoms. The molecule has 1 aromatic rings. The van der Waals surface area contributed by atoms with E-state index in [2.05, 4.69) is 15.5 Å². The molecular weight excluding hydrogens is 280 g/mol. The third-order valence-corrected chi connectivity index (χ3v) is 6.04. The molecule has 0 aliphatic heterocycles. The summed E-state index contributed by atoms with van der Waals surface area (Å²) in [6, 6.07) is 0. The Bertz CT molecular complexity index is 507. The zero-order valence-corrected chi connectivity index (χ0v) is 12.8. The van der Waals surface area contributed by atoms with E-state index in [1.54, 1.807) is 12.4 Å². The fourth-order valence-corrected chi connectivity index (χ4v) is 5.52. The van der Waals surface area contributed by atoms with Crippen LogP contribution in [0.3, 0.4) is 0 Å². The Hall–Kier alpha value is -1.43. The molecule has 1 amide bonds. The molecule has 1 heterocycles. The van der Waals surface area contributed by atoms with Gasteiger partial charge in [0.1, 0.15) is 6.54 Å². The lowest BCUT2D eigenvalue weighted by atomic mass is 9.48. The molecule has 6 heteroatoms. The molecule has 4 aliphatic carbocycles. The van der Waals surface area contributed by atoms with Gasteiger partial charge < -0.3 is 10.4 Å². The van der Waals surface area contributed by atoms with Crippen LogP contribution in [-0.4, -0.2) is 38.7 Å². The molecule has 0 aromatic carbocycles. The molecule has 1 aromatic heterocycles. The second-order valence-electron chi connectivity index (χ2n) is 7.66. The van der Waals surface area contributed by atoms with Crippen molar-refractivity contribution in [3.63, 3.8) is 0 Å². The highest BCUT2D eigenvalue weighted by Gasteiger charge is 2.53. The summed E-state index contributed by atoms with van der Waals surface area (Å²) in [6.07, 6.45) is 10.2. The smallest absolute Gasteiger partial charge is 0.243 e. The molecule has 5 rings (SSSR count). The molecule has 2 N–H and O–H groups in total. The van der Waals surface area contributed by atoms with Crippen molar-refractivity contribution < 1.29 is 9.90 Å². The van der Waals surface area contributed by atoms with Crippen LogP contribution in [0, 0.1) is 23.2 Å². The largest absolute Gasteiger partial charge is 0.391 e. The number of rotatable bonds is 5. The number of nitrogens with zero attached hydrogens (tertiary/aromatic N) is 3. The van der Waals surface area contributed by atoms with Crippen molar-refractivity contribution in [2.24, 2.45) is 23.2 Å². The summed E-state index contributed by atoms with van der Waals surface area (Å²) in [5, 5.41) is 21.4. The Morgan fingerprint density at radius 3 is 2.27 bits per heavy atom. The molecule has 1 atom stereocenters. The molecule has 4 fully saturated rings. The number of aliphatic hydroxyl groups is 1. The Morgan fingerprint density at radius 2 is 1.73 bits per heavy atom. The average molecular weight is 304 g/mol. The highest BCUT2D eigenvalue weighted by molar-refractivity contribution is 5.75. The SMILES string of the molecule is O=C(Cn1nccn1)NCC(O)C12CC3CC(CC(C3)C1)C2. The molecule has 4 aliphatic rings. The van der Waals surface area contributed by atoms with Gasteiger partial charge in [0.05, 0.1) is 18.5 Å². The van der Waals surface area contributed by atoms with E-state index in [4.69, 9.17) is 0 Å². The average Bonchev–Trinajstić information content (AvgIpc) is 2.96. The summed E-state index contributed by atoms with van der Waals surface area (Å²) < 4.78 is 0. The van der Waals surface area contributed by atoms with E-state index in [-0.39, 0.29) is 17.9 Å². The molecule has 120 valence electrons. The summed E-state index contributed by atoms with van der Waals surface area (Å²) in [7, 11) is 0. The minimum absolute atomic E-state index is 0.0615. The van der Waals surface area contributed by atoms with Crippen LogP contribution >= 0.6 is 0 Å². The van der Waals surface area contributed by atoms with Crippen molar-refractivity contribution in [3.05, 3.63) is 12.4 Å². The topological polar surface area (TPSA) is 80.0 Å². The fraction of sp³-hybridized carbons (Fsp3) is 0.812. The highest BCUT2D eigenvalue weighted by Crippen LogP contribution is 2.61. The first-order valence-corrected chi connectivity index (χ1v) is 8.42. The number of amides is 1. The second-order valence-corrected chi connectivity index (χ2v) is 7.66. The molecule has 4 bridgehead atoms. The van der Waals surface area contributed by atoms with Gasteiger partial charge in [-0.25, -0.2) is 0 Å². The van der Waals surface area contributed by atoms with Gasteiger partial charge in [0.2, 0.25) is 5.91 Å². The first-order chi connectivity index (χ1) is 10.6. The van der Waals surface area contributed by atoms with E-state index in [0.29, 0.717) is 6.54 Å². The second kappa shape index (κ2) is 5.33. The number of nitrogens with one attached hydrogen (secondary N) is 1. The number of aromatic nitrogens is 3. The van der Waals surface area contributed by atoms with Crippen LogP contribution in [0.4, 0.5) is 0 Å². The Labute approximate surface area is 130 Å². The van der Waals surface area contributed by atoms with E-state index in [1.807, 2.05) is 0 Å². The Kier molecular flexibility index (Phi) is 3.44. The van der Waals surface area contributed by atoms with Crippen molar-refractivity contribution in [3.8, 4) is 0 Å². The molecular formula is C16H24N4O2. The fourth-order valence-electron chi connectivity index (χ4n) is 5.52. The molecule has 4 saturated carbocycles. The van der Waals surface area contributed by atoms with Gasteiger partial charge in [0.25, 0.3) is 0 Å². The molecule has 22 heavy (non-hydrogen) atoms. The summed E-state index contributed by atoms with van der Waals surface area (Å²) in [5.74, 6) is 2.29. The Balaban J connectivity index is 1.34. The lowest BCUT2D eigenvalue weighted by Crippen LogP contribution is -2.54. The molecule has 0 radical (unpaired) electrons. The van der Waals surface area contributed by atoms with Crippen molar-refractivity contribution in [1.29, 1.82) is 0 Å². The molecule has 6 nitrogen and oxygen atoms in total. The van der Waals surface area contributed by atoms with Gasteiger partial charge in [0.15, 0.2) is 0 Å². The van der Waals surface area contributed by atoms with Crippen molar-refractivity contribution >= 4 is 5.91 Å².